The average Bonchev–Trinajstić information content (AvgIpc) is 3.27. The number of amides is 1. The molecule has 14 nitrogen and oxygen atoms in total. The standard InChI is InChI=1S/C50H75NO13/c1-28-14-11-10-12-15-29(2)40(60-7)26-35-19-17-33(6)50(59,64-35)47(56)48(57)51-21-13-16-36-37(24-34-18-20-38(52)42(25-34)61-8)41(63-49(58)43(36)51)27-39(53)30(3)23-32(5)45(55)46(62-9)44(54)31(4)22-28/h10-12,14-15,23,28,30-31,33-38,40-43,45-46,52,55,59H,13,16-22,24-27H2,1-9H3/b12-10+,14-11+,29-15?,32-23+/t28-,30?,31-,33-,34+,35?,36-,37?,38?,40?,41+,42-,43+,45-,46+,50-/m1/s1. The van der Waals surface area contributed by atoms with Crippen LogP contribution in [0.2, 0.25) is 0 Å². The predicted octanol–water partition coefficient (Wildman–Crippen LogP) is 5.40. The molecule has 1 amide bonds. The molecule has 14 heteroatoms. The molecule has 4 fully saturated rings. The maximum absolute atomic E-state index is 14.4. The molecule has 3 saturated heterocycles. The van der Waals surface area contributed by atoms with Gasteiger partial charge in [-0.1, -0.05) is 64.2 Å². The number of piperidine rings is 1. The molecule has 5 aliphatic rings. The average molecular weight is 898 g/mol. The van der Waals surface area contributed by atoms with Crippen LogP contribution >= 0.6 is 0 Å². The van der Waals surface area contributed by atoms with E-state index in [1.54, 1.807) is 41.1 Å². The number of rotatable bonds is 5. The van der Waals surface area contributed by atoms with Gasteiger partial charge in [0.25, 0.3) is 11.7 Å². The van der Waals surface area contributed by atoms with Crippen molar-refractivity contribution in [3.8, 4) is 0 Å². The van der Waals surface area contributed by atoms with Crippen molar-refractivity contribution in [2.45, 2.75) is 167 Å². The van der Waals surface area contributed by atoms with Gasteiger partial charge in [-0.25, -0.2) is 4.79 Å². The summed E-state index contributed by atoms with van der Waals surface area (Å²) in [7, 11) is 4.52. The summed E-state index contributed by atoms with van der Waals surface area (Å²) in [4.78, 5) is 72.0. The number of methoxy groups -OCH3 is 3. The Morgan fingerprint density at radius 1 is 0.844 bits per heavy atom. The molecule has 4 heterocycles. The van der Waals surface area contributed by atoms with Crippen LogP contribution in [-0.2, 0) is 47.7 Å². The largest absolute Gasteiger partial charge is 0.460 e. The Kier molecular flexibility index (Phi) is 18.5. The van der Waals surface area contributed by atoms with E-state index in [1.807, 2.05) is 51.2 Å². The van der Waals surface area contributed by atoms with Crippen molar-refractivity contribution < 1.29 is 63.0 Å². The number of aliphatic hydroxyl groups excluding tert-OH is 2. The first kappa shape index (κ1) is 51.6. The molecule has 0 spiro atoms. The van der Waals surface area contributed by atoms with E-state index in [0.29, 0.717) is 69.8 Å². The van der Waals surface area contributed by atoms with Gasteiger partial charge >= 0.3 is 5.97 Å². The van der Waals surface area contributed by atoms with Crippen molar-refractivity contribution in [3.05, 3.63) is 47.6 Å². The van der Waals surface area contributed by atoms with Crippen LogP contribution in [0.25, 0.3) is 0 Å². The van der Waals surface area contributed by atoms with Gasteiger partial charge in [-0.3, -0.25) is 19.2 Å². The molecule has 4 bridgehead atoms. The maximum atomic E-state index is 14.4. The quantitative estimate of drug-likeness (QED) is 0.181. The van der Waals surface area contributed by atoms with Crippen molar-refractivity contribution in [1.82, 2.24) is 4.90 Å². The molecule has 4 aliphatic heterocycles. The van der Waals surface area contributed by atoms with Gasteiger partial charge in [-0.15, -0.1) is 0 Å². The molecule has 1 aliphatic carbocycles. The Labute approximate surface area is 379 Å². The molecule has 5 unspecified atom stereocenters. The number of hydrogen-bond acceptors (Lipinski definition) is 13. The zero-order valence-electron chi connectivity index (χ0n) is 39.5. The zero-order chi connectivity index (χ0) is 47.0. The number of ether oxygens (including phenoxy) is 5. The van der Waals surface area contributed by atoms with E-state index in [-0.39, 0.29) is 42.5 Å². The first-order valence-electron chi connectivity index (χ1n) is 23.5. The normalized spacial score (nSPS) is 42.3. The van der Waals surface area contributed by atoms with Crippen molar-refractivity contribution in [3.63, 3.8) is 0 Å². The lowest BCUT2D eigenvalue weighted by atomic mass is 9.68. The Morgan fingerprint density at radius 3 is 2.27 bits per heavy atom. The third-order valence-electron chi connectivity index (χ3n) is 14.9. The van der Waals surface area contributed by atoms with Crippen molar-refractivity contribution >= 4 is 29.2 Å². The molecule has 358 valence electrons. The van der Waals surface area contributed by atoms with E-state index in [0.717, 1.165) is 5.57 Å². The highest BCUT2D eigenvalue weighted by Crippen LogP contribution is 2.45. The number of fused-ring (bicyclic) bond motifs is 4. The van der Waals surface area contributed by atoms with Crippen LogP contribution in [0.1, 0.15) is 112 Å². The lowest BCUT2D eigenvalue weighted by molar-refractivity contribution is -0.266. The molecule has 0 aromatic heterocycles. The van der Waals surface area contributed by atoms with E-state index in [4.69, 9.17) is 23.7 Å². The minimum absolute atomic E-state index is 0.0231. The summed E-state index contributed by atoms with van der Waals surface area (Å²) in [6.45, 7) is 10.9. The highest BCUT2D eigenvalue weighted by molar-refractivity contribution is 6.39. The number of carbonyl (C=O) groups is 5. The molecule has 3 N–H and O–H groups in total. The third kappa shape index (κ3) is 12.0. The first-order chi connectivity index (χ1) is 30.3. The van der Waals surface area contributed by atoms with Gasteiger partial charge in [0.15, 0.2) is 5.78 Å². The van der Waals surface area contributed by atoms with Gasteiger partial charge in [0.2, 0.25) is 5.79 Å². The van der Waals surface area contributed by atoms with E-state index in [2.05, 4.69) is 0 Å². The number of esters is 1. The second-order valence-electron chi connectivity index (χ2n) is 19.5. The molecular formula is C50H75NO13. The monoisotopic (exact) mass is 898 g/mol. The van der Waals surface area contributed by atoms with Crippen LogP contribution in [0, 0.1) is 41.4 Å². The minimum atomic E-state index is -2.43. The number of carbonyl (C=O) groups excluding carboxylic acids is 5. The molecule has 16 atom stereocenters. The fourth-order valence-corrected chi connectivity index (χ4v) is 10.9. The van der Waals surface area contributed by atoms with Crippen LogP contribution in [0.15, 0.2) is 47.6 Å². The van der Waals surface area contributed by atoms with E-state index >= 15 is 0 Å². The number of ketones is 3. The molecule has 0 aromatic rings. The number of Topliss-reactive ketones (excluding diaryl/α,β-unsaturated/α-hetero) is 3. The summed E-state index contributed by atoms with van der Waals surface area (Å²) in [6, 6.07) is -1.12. The van der Waals surface area contributed by atoms with Crippen molar-refractivity contribution in [1.29, 1.82) is 0 Å². The summed E-state index contributed by atoms with van der Waals surface area (Å²) in [5.74, 6) is -8.43. The predicted molar refractivity (Wildman–Crippen MR) is 238 cm³/mol. The lowest BCUT2D eigenvalue weighted by Crippen LogP contribution is -2.65. The summed E-state index contributed by atoms with van der Waals surface area (Å²) in [5, 5.41) is 34.1. The molecule has 0 radical (unpaired) electrons. The number of nitrogens with zero attached hydrogens (tertiary/aromatic N) is 1. The van der Waals surface area contributed by atoms with Gasteiger partial charge in [-0.2, -0.15) is 0 Å². The summed E-state index contributed by atoms with van der Waals surface area (Å²) in [6.07, 6.45) is 10.8. The third-order valence-corrected chi connectivity index (χ3v) is 14.9. The summed E-state index contributed by atoms with van der Waals surface area (Å²) < 4.78 is 29.4. The molecular weight excluding hydrogens is 823 g/mol. The number of allylic oxidation sites excluding steroid dienone is 6. The zero-order valence-corrected chi connectivity index (χ0v) is 39.5. The van der Waals surface area contributed by atoms with Gasteiger partial charge < -0.3 is 43.9 Å². The second-order valence-corrected chi connectivity index (χ2v) is 19.5. The molecule has 0 aromatic carbocycles. The van der Waals surface area contributed by atoms with E-state index in [1.165, 1.54) is 12.0 Å². The van der Waals surface area contributed by atoms with Gasteiger partial charge in [0.1, 0.15) is 30.1 Å². The van der Waals surface area contributed by atoms with Crippen LogP contribution < -0.4 is 0 Å². The first-order valence-corrected chi connectivity index (χ1v) is 23.5. The molecule has 64 heavy (non-hydrogen) atoms. The fourth-order valence-electron chi connectivity index (χ4n) is 10.9. The second kappa shape index (κ2) is 22.9. The Balaban J connectivity index is 1.51. The van der Waals surface area contributed by atoms with Crippen LogP contribution in [-0.4, -0.2) is 132 Å². The van der Waals surface area contributed by atoms with Gasteiger partial charge in [-0.05, 0) is 101 Å². The van der Waals surface area contributed by atoms with Crippen LogP contribution in [0.5, 0.6) is 0 Å². The SMILES string of the molecule is COC1CC2CC[C@@H](C)[C@@](O)(O2)C(=O)C(=O)N2CCC[C@@H]3C(C[C@@H]4CCC(O)[C@H](OC)C4)[C@H](CC(=O)C(C)/C=C(\C)[C@@H](O)[C@@H](OC)C(=O)[C@H](C)C[C@H](C)/C=C/C=C/C=C1C)OC(=O)[C@H]32. The van der Waals surface area contributed by atoms with E-state index < -0.39 is 95.7 Å². The number of hydrogen-bond donors (Lipinski definition) is 3. The van der Waals surface area contributed by atoms with Gasteiger partial charge in [0, 0.05) is 64.4 Å². The molecule has 1 saturated carbocycles. The number of aliphatic hydroxyl groups is 3. The van der Waals surface area contributed by atoms with Gasteiger partial charge in [0.05, 0.1) is 24.4 Å². The van der Waals surface area contributed by atoms with Crippen LogP contribution in [0.3, 0.4) is 0 Å². The topological polar surface area (TPSA) is 195 Å². The smallest absolute Gasteiger partial charge is 0.329 e. The van der Waals surface area contributed by atoms with Crippen LogP contribution in [0.4, 0.5) is 0 Å². The lowest BCUT2D eigenvalue weighted by Gasteiger charge is -2.50. The highest BCUT2D eigenvalue weighted by Gasteiger charge is 2.57. The minimum Gasteiger partial charge on any atom is -0.460 e. The molecule has 5 rings (SSSR count). The van der Waals surface area contributed by atoms with Crippen molar-refractivity contribution in [2.24, 2.45) is 41.4 Å². The van der Waals surface area contributed by atoms with Crippen molar-refractivity contribution in [2.75, 3.05) is 27.9 Å². The summed E-state index contributed by atoms with van der Waals surface area (Å²) >= 11 is 0. The Hall–Kier alpha value is -3.37. The fraction of sp³-hybridized carbons (Fsp3) is 0.740. The van der Waals surface area contributed by atoms with E-state index in [9.17, 15) is 39.3 Å². The summed E-state index contributed by atoms with van der Waals surface area (Å²) in [5.41, 5.74) is 1.28. The maximum Gasteiger partial charge on any atom is 0.329 e. The highest BCUT2D eigenvalue weighted by atomic mass is 16.6. The Bertz CT molecular complexity index is 1790. The Morgan fingerprint density at radius 2 is 1.58 bits per heavy atom.